The van der Waals surface area contributed by atoms with Crippen LogP contribution in [0, 0.1) is 5.92 Å². The summed E-state index contributed by atoms with van der Waals surface area (Å²) in [6, 6.07) is 4.32. The van der Waals surface area contributed by atoms with Gasteiger partial charge in [0.1, 0.15) is 11.7 Å². The Kier molecular flexibility index (Phi) is 3.99. The molecule has 0 aliphatic heterocycles. The van der Waals surface area contributed by atoms with Gasteiger partial charge < -0.3 is 11.1 Å². The molecule has 2 amide bonds. The second-order valence-corrected chi connectivity index (χ2v) is 3.81. The van der Waals surface area contributed by atoms with E-state index in [9.17, 15) is 9.59 Å². The summed E-state index contributed by atoms with van der Waals surface area (Å²) < 4.78 is 0. The summed E-state index contributed by atoms with van der Waals surface area (Å²) in [7, 11) is 0. The van der Waals surface area contributed by atoms with Gasteiger partial charge in [-0.05, 0) is 18.1 Å². The fourth-order valence-corrected chi connectivity index (χ4v) is 1.28. The third kappa shape index (κ3) is 3.05. The normalized spacial score (nSPS) is 12.2. The van der Waals surface area contributed by atoms with Crippen molar-refractivity contribution in [2.45, 2.75) is 19.9 Å². The molecule has 1 aromatic rings. The number of carbonyl (C=O) groups excluding carboxylic acids is 2. The maximum atomic E-state index is 11.7. The van der Waals surface area contributed by atoms with Crippen LogP contribution in [0.1, 0.15) is 24.3 Å². The zero-order valence-corrected chi connectivity index (χ0v) is 9.31. The Hall–Kier alpha value is -1.91. The van der Waals surface area contributed by atoms with E-state index in [1.54, 1.807) is 18.2 Å². The van der Waals surface area contributed by atoms with Gasteiger partial charge in [0.15, 0.2) is 0 Å². The number of nitrogens with zero attached hydrogens (tertiary/aromatic N) is 1. The van der Waals surface area contributed by atoms with Crippen LogP contribution < -0.4 is 11.1 Å². The van der Waals surface area contributed by atoms with Crippen LogP contribution in [0.3, 0.4) is 0 Å². The number of aromatic nitrogens is 1. The number of hydrogen-bond acceptors (Lipinski definition) is 3. The number of carbonyl (C=O) groups is 2. The number of hydrogen-bond donors (Lipinski definition) is 2. The molecule has 1 aromatic heterocycles. The summed E-state index contributed by atoms with van der Waals surface area (Å²) in [6.07, 6.45) is 1.52. The molecule has 0 radical (unpaired) electrons. The summed E-state index contributed by atoms with van der Waals surface area (Å²) >= 11 is 0. The van der Waals surface area contributed by atoms with Gasteiger partial charge in [-0.2, -0.15) is 0 Å². The lowest BCUT2D eigenvalue weighted by molar-refractivity contribution is -0.120. The first-order chi connectivity index (χ1) is 7.52. The molecule has 86 valence electrons. The molecule has 0 aliphatic rings. The van der Waals surface area contributed by atoms with Crippen LogP contribution in [0.25, 0.3) is 0 Å². The average molecular weight is 221 g/mol. The fraction of sp³-hybridized carbons (Fsp3) is 0.364. The van der Waals surface area contributed by atoms with E-state index in [4.69, 9.17) is 5.73 Å². The summed E-state index contributed by atoms with van der Waals surface area (Å²) in [5, 5.41) is 2.56. The predicted octanol–water partition coefficient (Wildman–Crippen LogP) is 0.321. The average Bonchev–Trinajstić information content (AvgIpc) is 2.25. The molecule has 0 aromatic carbocycles. The van der Waals surface area contributed by atoms with E-state index in [1.165, 1.54) is 6.20 Å². The number of nitrogens with two attached hydrogens (primary N) is 1. The maximum absolute atomic E-state index is 11.7. The van der Waals surface area contributed by atoms with Gasteiger partial charge in [0, 0.05) is 6.20 Å². The minimum atomic E-state index is -0.672. The molecule has 16 heavy (non-hydrogen) atoms. The first-order valence-electron chi connectivity index (χ1n) is 5.03. The van der Waals surface area contributed by atoms with Crippen LogP contribution in [0.2, 0.25) is 0 Å². The Morgan fingerprint density at radius 2 is 2.06 bits per heavy atom. The van der Waals surface area contributed by atoms with E-state index >= 15 is 0 Å². The molecule has 0 fully saturated rings. The van der Waals surface area contributed by atoms with Crippen molar-refractivity contribution in [1.29, 1.82) is 0 Å². The zero-order valence-electron chi connectivity index (χ0n) is 9.31. The van der Waals surface area contributed by atoms with Crippen molar-refractivity contribution in [3.63, 3.8) is 0 Å². The molecule has 0 unspecified atom stereocenters. The molecule has 5 nitrogen and oxygen atoms in total. The SMILES string of the molecule is CC(C)[C@@H](NC(=O)c1ccccn1)C(N)=O. The van der Waals surface area contributed by atoms with Gasteiger partial charge in [-0.3, -0.25) is 14.6 Å². The van der Waals surface area contributed by atoms with Crippen LogP contribution >= 0.6 is 0 Å². The Morgan fingerprint density at radius 3 is 2.50 bits per heavy atom. The molecule has 0 spiro atoms. The Balaban J connectivity index is 2.74. The lowest BCUT2D eigenvalue weighted by atomic mass is 10.0. The monoisotopic (exact) mass is 221 g/mol. The van der Waals surface area contributed by atoms with E-state index in [0.29, 0.717) is 0 Å². The molecule has 5 heteroatoms. The van der Waals surface area contributed by atoms with Gasteiger partial charge in [-0.15, -0.1) is 0 Å². The van der Waals surface area contributed by atoms with E-state index in [-0.39, 0.29) is 11.6 Å². The predicted molar refractivity (Wildman–Crippen MR) is 59.5 cm³/mol. The van der Waals surface area contributed by atoms with Crippen LogP contribution in [0.4, 0.5) is 0 Å². The second kappa shape index (κ2) is 5.25. The summed E-state index contributed by atoms with van der Waals surface area (Å²) in [5.74, 6) is -0.984. The minimum Gasteiger partial charge on any atom is -0.368 e. The topological polar surface area (TPSA) is 85.1 Å². The maximum Gasteiger partial charge on any atom is 0.270 e. The molecule has 0 aliphatic carbocycles. The molecule has 0 saturated heterocycles. The highest BCUT2D eigenvalue weighted by Gasteiger charge is 2.22. The zero-order chi connectivity index (χ0) is 12.1. The molecule has 0 saturated carbocycles. The van der Waals surface area contributed by atoms with E-state index < -0.39 is 17.9 Å². The third-order valence-electron chi connectivity index (χ3n) is 2.16. The van der Waals surface area contributed by atoms with E-state index in [0.717, 1.165) is 0 Å². The molecule has 0 bridgehead atoms. The van der Waals surface area contributed by atoms with Gasteiger partial charge in [-0.1, -0.05) is 19.9 Å². The standard InChI is InChI=1S/C11H15N3O2/c1-7(2)9(10(12)15)14-11(16)8-5-3-4-6-13-8/h3-7,9H,1-2H3,(H2,12,15)(H,14,16)/t9-/m1/s1. The van der Waals surface area contributed by atoms with Gasteiger partial charge in [-0.25, -0.2) is 0 Å². The van der Waals surface area contributed by atoms with Crippen molar-refractivity contribution < 1.29 is 9.59 Å². The lowest BCUT2D eigenvalue weighted by Gasteiger charge is -2.18. The highest BCUT2D eigenvalue weighted by Crippen LogP contribution is 2.02. The highest BCUT2D eigenvalue weighted by atomic mass is 16.2. The lowest BCUT2D eigenvalue weighted by Crippen LogP contribution is -2.47. The molecule has 1 atom stereocenters. The molecular formula is C11H15N3O2. The van der Waals surface area contributed by atoms with Crippen LogP contribution in [0.15, 0.2) is 24.4 Å². The molecule has 3 N–H and O–H groups in total. The van der Waals surface area contributed by atoms with Gasteiger partial charge >= 0.3 is 0 Å². The number of primary amides is 1. The van der Waals surface area contributed by atoms with Crippen LogP contribution in [-0.2, 0) is 4.79 Å². The summed E-state index contributed by atoms with van der Waals surface area (Å²) in [5.41, 5.74) is 5.46. The van der Waals surface area contributed by atoms with Crippen molar-refractivity contribution >= 4 is 11.8 Å². The molecule has 1 rings (SSSR count). The largest absolute Gasteiger partial charge is 0.368 e. The number of rotatable bonds is 4. The summed E-state index contributed by atoms with van der Waals surface area (Å²) in [6.45, 7) is 3.63. The van der Waals surface area contributed by atoms with Crippen LogP contribution in [-0.4, -0.2) is 22.8 Å². The fourth-order valence-electron chi connectivity index (χ4n) is 1.28. The first kappa shape index (κ1) is 12.2. The van der Waals surface area contributed by atoms with Crippen molar-refractivity contribution in [3.05, 3.63) is 30.1 Å². The Morgan fingerprint density at radius 1 is 1.38 bits per heavy atom. The third-order valence-corrected chi connectivity index (χ3v) is 2.16. The van der Waals surface area contributed by atoms with E-state index in [2.05, 4.69) is 10.3 Å². The van der Waals surface area contributed by atoms with Gasteiger partial charge in [0.2, 0.25) is 5.91 Å². The summed E-state index contributed by atoms with van der Waals surface area (Å²) in [4.78, 5) is 26.7. The van der Waals surface area contributed by atoms with Gasteiger partial charge in [0.25, 0.3) is 5.91 Å². The van der Waals surface area contributed by atoms with Gasteiger partial charge in [0.05, 0.1) is 0 Å². The minimum absolute atomic E-state index is 0.0508. The number of nitrogens with one attached hydrogen (secondary N) is 1. The van der Waals surface area contributed by atoms with Crippen LogP contribution in [0.5, 0.6) is 0 Å². The second-order valence-electron chi connectivity index (χ2n) is 3.81. The van der Waals surface area contributed by atoms with E-state index in [1.807, 2.05) is 13.8 Å². The Bertz CT molecular complexity index is 376. The number of amides is 2. The van der Waals surface area contributed by atoms with Crippen molar-refractivity contribution in [3.8, 4) is 0 Å². The smallest absolute Gasteiger partial charge is 0.270 e. The van der Waals surface area contributed by atoms with Crippen molar-refractivity contribution in [1.82, 2.24) is 10.3 Å². The number of pyridine rings is 1. The molecule has 1 heterocycles. The van der Waals surface area contributed by atoms with Crippen molar-refractivity contribution in [2.75, 3.05) is 0 Å². The van der Waals surface area contributed by atoms with Crippen molar-refractivity contribution in [2.24, 2.45) is 11.7 Å². The quantitative estimate of drug-likeness (QED) is 0.767. The Labute approximate surface area is 94.1 Å². The first-order valence-corrected chi connectivity index (χ1v) is 5.03. The highest BCUT2D eigenvalue weighted by molar-refractivity contribution is 5.95. The molecular weight excluding hydrogens is 206 g/mol.